The van der Waals surface area contributed by atoms with E-state index in [0.717, 1.165) is 6.54 Å². The number of rotatable bonds is 5. The summed E-state index contributed by atoms with van der Waals surface area (Å²) in [5.74, 6) is 0.657. The van der Waals surface area contributed by atoms with Crippen molar-refractivity contribution in [1.29, 1.82) is 0 Å². The summed E-state index contributed by atoms with van der Waals surface area (Å²) in [7, 11) is 0. The van der Waals surface area contributed by atoms with Gasteiger partial charge in [-0.2, -0.15) is 0 Å². The van der Waals surface area contributed by atoms with E-state index in [-0.39, 0.29) is 22.9 Å². The molecule has 1 amide bonds. The minimum atomic E-state index is -0.166. The second-order valence-corrected chi connectivity index (χ2v) is 6.99. The number of amides is 1. The molecule has 0 fully saturated rings. The SMILES string of the molecule is CC(NCC(C)(C)C(C)C)C(=O)NC(C)(C)C. The van der Waals surface area contributed by atoms with Gasteiger partial charge >= 0.3 is 0 Å². The maximum absolute atomic E-state index is 11.9. The maximum Gasteiger partial charge on any atom is 0.237 e. The van der Waals surface area contributed by atoms with Crippen LogP contribution >= 0.6 is 0 Å². The van der Waals surface area contributed by atoms with Gasteiger partial charge in [-0.25, -0.2) is 0 Å². The highest BCUT2D eigenvalue weighted by molar-refractivity contribution is 5.81. The van der Waals surface area contributed by atoms with Crippen molar-refractivity contribution in [2.75, 3.05) is 6.54 Å². The number of hydrogen-bond acceptors (Lipinski definition) is 2. The lowest BCUT2D eigenvalue weighted by atomic mass is 9.81. The number of carbonyl (C=O) groups is 1. The minimum Gasteiger partial charge on any atom is -0.350 e. The van der Waals surface area contributed by atoms with Crippen LogP contribution < -0.4 is 10.6 Å². The molecule has 0 heterocycles. The Morgan fingerprint density at radius 3 is 1.88 bits per heavy atom. The fraction of sp³-hybridized carbons (Fsp3) is 0.929. The van der Waals surface area contributed by atoms with Crippen LogP contribution in [-0.2, 0) is 4.79 Å². The van der Waals surface area contributed by atoms with Crippen molar-refractivity contribution in [1.82, 2.24) is 10.6 Å². The highest BCUT2D eigenvalue weighted by Crippen LogP contribution is 2.24. The van der Waals surface area contributed by atoms with Gasteiger partial charge in [-0.15, -0.1) is 0 Å². The summed E-state index contributed by atoms with van der Waals surface area (Å²) in [6.45, 7) is 17.6. The first kappa shape index (κ1) is 16.4. The van der Waals surface area contributed by atoms with Crippen LogP contribution in [0.1, 0.15) is 55.4 Å². The molecule has 0 bridgehead atoms. The van der Waals surface area contributed by atoms with E-state index in [4.69, 9.17) is 0 Å². The summed E-state index contributed by atoms with van der Waals surface area (Å²) >= 11 is 0. The number of carbonyl (C=O) groups excluding carboxylic acids is 1. The summed E-state index contributed by atoms with van der Waals surface area (Å²) in [5, 5.41) is 6.30. The molecule has 0 aromatic carbocycles. The van der Waals surface area contributed by atoms with Gasteiger partial charge in [0.2, 0.25) is 5.91 Å². The summed E-state index contributed by atoms with van der Waals surface area (Å²) in [6.07, 6.45) is 0. The summed E-state index contributed by atoms with van der Waals surface area (Å²) in [4.78, 5) is 11.9. The van der Waals surface area contributed by atoms with Gasteiger partial charge in [-0.1, -0.05) is 27.7 Å². The Hall–Kier alpha value is -0.570. The molecule has 3 heteroatoms. The first-order chi connectivity index (χ1) is 7.46. The van der Waals surface area contributed by atoms with Crippen LogP contribution in [0.2, 0.25) is 0 Å². The van der Waals surface area contributed by atoms with Crippen molar-refractivity contribution in [2.45, 2.75) is 67.0 Å². The number of hydrogen-bond donors (Lipinski definition) is 2. The fourth-order valence-electron chi connectivity index (χ4n) is 1.19. The summed E-state index contributed by atoms with van der Waals surface area (Å²) < 4.78 is 0. The molecule has 0 aliphatic rings. The fourth-order valence-corrected chi connectivity index (χ4v) is 1.19. The van der Waals surface area contributed by atoms with Crippen molar-refractivity contribution < 1.29 is 4.79 Å². The first-order valence-electron chi connectivity index (χ1n) is 6.51. The van der Waals surface area contributed by atoms with Crippen molar-refractivity contribution >= 4 is 5.91 Å². The van der Waals surface area contributed by atoms with Gasteiger partial charge in [-0.05, 0) is 39.0 Å². The Balaban J connectivity index is 4.19. The zero-order valence-corrected chi connectivity index (χ0v) is 12.8. The molecule has 0 aromatic heterocycles. The second kappa shape index (κ2) is 5.85. The van der Waals surface area contributed by atoms with Gasteiger partial charge < -0.3 is 10.6 Å². The molecular weight excluding hydrogens is 212 g/mol. The average molecular weight is 242 g/mol. The van der Waals surface area contributed by atoms with E-state index in [1.807, 2.05) is 27.7 Å². The van der Waals surface area contributed by atoms with Crippen LogP contribution in [0.5, 0.6) is 0 Å². The second-order valence-electron chi connectivity index (χ2n) is 6.99. The van der Waals surface area contributed by atoms with Gasteiger partial charge in [-0.3, -0.25) is 4.79 Å². The molecule has 0 rings (SSSR count). The Kier molecular flexibility index (Phi) is 5.66. The van der Waals surface area contributed by atoms with E-state index < -0.39 is 0 Å². The van der Waals surface area contributed by atoms with Crippen LogP contribution in [0, 0.1) is 11.3 Å². The largest absolute Gasteiger partial charge is 0.350 e. The molecule has 0 spiro atoms. The normalized spacial score (nSPS) is 14.9. The molecular formula is C14H30N2O. The third-order valence-corrected chi connectivity index (χ3v) is 3.32. The highest BCUT2D eigenvalue weighted by Gasteiger charge is 2.25. The molecule has 17 heavy (non-hydrogen) atoms. The number of nitrogens with one attached hydrogen (secondary N) is 2. The van der Waals surface area contributed by atoms with Gasteiger partial charge in [0.15, 0.2) is 0 Å². The van der Waals surface area contributed by atoms with Crippen molar-refractivity contribution in [3.63, 3.8) is 0 Å². The smallest absolute Gasteiger partial charge is 0.237 e. The molecule has 0 aliphatic heterocycles. The Morgan fingerprint density at radius 2 is 1.53 bits per heavy atom. The van der Waals surface area contributed by atoms with Crippen LogP contribution in [0.25, 0.3) is 0 Å². The average Bonchev–Trinajstić information content (AvgIpc) is 2.11. The molecule has 0 saturated carbocycles. The predicted octanol–water partition coefficient (Wildman–Crippen LogP) is 2.56. The molecule has 0 saturated heterocycles. The van der Waals surface area contributed by atoms with Crippen LogP contribution in [0.4, 0.5) is 0 Å². The molecule has 1 atom stereocenters. The van der Waals surface area contributed by atoms with E-state index in [2.05, 4.69) is 38.3 Å². The molecule has 102 valence electrons. The minimum absolute atomic E-state index is 0.0667. The van der Waals surface area contributed by atoms with E-state index in [1.54, 1.807) is 0 Å². The van der Waals surface area contributed by atoms with Gasteiger partial charge in [0, 0.05) is 12.1 Å². The molecule has 0 aliphatic carbocycles. The predicted molar refractivity (Wildman–Crippen MR) is 74.0 cm³/mol. The zero-order chi connectivity index (χ0) is 13.9. The lowest BCUT2D eigenvalue weighted by Gasteiger charge is -2.31. The van der Waals surface area contributed by atoms with Gasteiger partial charge in [0.1, 0.15) is 0 Å². The highest BCUT2D eigenvalue weighted by atomic mass is 16.2. The first-order valence-corrected chi connectivity index (χ1v) is 6.51. The van der Waals surface area contributed by atoms with Crippen LogP contribution in [-0.4, -0.2) is 24.0 Å². The van der Waals surface area contributed by atoms with E-state index in [9.17, 15) is 4.79 Å². The third-order valence-electron chi connectivity index (χ3n) is 3.32. The molecule has 1 unspecified atom stereocenters. The van der Waals surface area contributed by atoms with Crippen molar-refractivity contribution in [3.05, 3.63) is 0 Å². The summed E-state index contributed by atoms with van der Waals surface area (Å²) in [5.41, 5.74) is 0.0386. The van der Waals surface area contributed by atoms with E-state index in [0.29, 0.717) is 5.92 Å². The van der Waals surface area contributed by atoms with Crippen molar-refractivity contribution in [3.8, 4) is 0 Å². The Morgan fingerprint density at radius 1 is 1.06 bits per heavy atom. The molecule has 0 aromatic rings. The van der Waals surface area contributed by atoms with Gasteiger partial charge in [0.05, 0.1) is 6.04 Å². The third kappa shape index (κ3) is 6.67. The Labute approximate surface area is 107 Å². The van der Waals surface area contributed by atoms with Crippen molar-refractivity contribution in [2.24, 2.45) is 11.3 Å². The van der Waals surface area contributed by atoms with E-state index in [1.165, 1.54) is 0 Å². The lowest BCUT2D eigenvalue weighted by molar-refractivity contribution is -0.124. The quantitative estimate of drug-likeness (QED) is 0.778. The molecule has 2 N–H and O–H groups in total. The monoisotopic (exact) mass is 242 g/mol. The van der Waals surface area contributed by atoms with Crippen LogP contribution in [0.15, 0.2) is 0 Å². The van der Waals surface area contributed by atoms with Crippen LogP contribution in [0.3, 0.4) is 0 Å². The molecule has 3 nitrogen and oxygen atoms in total. The van der Waals surface area contributed by atoms with E-state index >= 15 is 0 Å². The summed E-state index contributed by atoms with van der Waals surface area (Å²) in [6, 6.07) is -0.146. The molecule has 0 radical (unpaired) electrons. The lowest BCUT2D eigenvalue weighted by Crippen LogP contribution is -2.51. The topological polar surface area (TPSA) is 41.1 Å². The van der Waals surface area contributed by atoms with Gasteiger partial charge in [0.25, 0.3) is 0 Å². The Bertz CT molecular complexity index is 251. The standard InChI is InChI=1S/C14H30N2O/c1-10(2)14(7,8)9-15-11(3)12(17)16-13(4,5)6/h10-11,15H,9H2,1-8H3,(H,16,17). The zero-order valence-electron chi connectivity index (χ0n) is 12.8. The maximum atomic E-state index is 11.9.